The molecule has 0 fully saturated rings. The van der Waals surface area contributed by atoms with E-state index in [-0.39, 0.29) is 0 Å². The molecule has 1 aromatic carbocycles. The molecule has 82 valence electrons. The van der Waals surface area contributed by atoms with Crippen LogP contribution in [0, 0.1) is 5.92 Å². The summed E-state index contributed by atoms with van der Waals surface area (Å²) in [6.07, 6.45) is 2.95. The van der Waals surface area contributed by atoms with Gasteiger partial charge in [0.1, 0.15) is 0 Å². The van der Waals surface area contributed by atoms with Gasteiger partial charge in [0, 0.05) is 22.0 Å². The molecule has 1 rings (SSSR count). The van der Waals surface area contributed by atoms with Crippen LogP contribution in [0.25, 0.3) is 6.08 Å². The van der Waals surface area contributed by atoms with Gasteiger partial charge in [0.2, 0.25) is 0 Å². The molecular weight excluding hydrogens is 204 g/mol. The van der Waals surface area contributed by atoms with E-state index in [1.807, 2.05) is 36.4 Å². The third kappa shape index (κ3) is 5.53. The highest BCUT2D eigenvalue weighted by molar-refractivity contribution is 7.88. The van der Waals surface area contributed by atoms with Gasteiger partial charge in [0.15, 0.2) is 0 Å². The highest BCUT2D eigenvalue weighted by Gasteiger charge is 1.97. The van der Waals surface area contributed by atoms with Gasteiger partial charge in [-0.1, -0.05) is 44.2 Å². The van der Waals surface area contributed by atoms with E-state index in [1.165, 1.54) is 0 Å². The zero-order valence-electron chi connectivity index (χ0n) is 9.35. The lowest BCUT2D eigenvalue weighted by molar-refractivity contribution is 0.621. The summed E-state index contributed by atoms with van der Waals surface area (Å²) in [7, 11) is -0.822. The van der Waals surface area contributed by atoms with Crippen molar-refractivity contribution in [2.45, 2.75) is 20.3 Å². The Morgan fingerprint density at radius 3 is 2.53 bits per heavy atom. The maximum atomic E-state index is 11.5. The van der Waals surface area contributed by atoms with E-state index in [9.17, 15) is 4.21 Å². The Labute approximate surface area is 94.7 Å². The predicted octanol–water partition coefficient (Wildman–Crippen LogP) is 3.45. The summed E-state index contributed by atoms with van der Waals surface area (Å²) in [5, 5.41) is 1.79. The lowest BCUT2D eigenvalue weighted by Gasteiger charge is -2.00. The van der Waals surface area contributed by atoms with Crippen LogP contribution in [0.15, 0.2) is 35.7 Å². The Morgan fingerprint density at radius 2 is 1.93 bits per heavy atom. The lowest BCUT2D eigenvalue weighted by atomic mass is 10.2. The van der Waals surface area contributed by atoms with Gasteiger partial charge in [-0.2, -0.15) is 0 Å². The van der Waals surface area contributed by atoms with E-state index in [0.29, 0.717) is 5.92 Å². The average molecular weight is 222 g/mol. The molecule has 0 saturated heterocycles. The van der Waals surface area contributed by atoms with Crippen molar-refractivity contribution in [3.8, 4) is 0 Å². The molecule has 0 amide bonds. The molecule has 0 bridgehead atoms. The zero-order valence-corrected chi connectivity index (χ0v) is 10.2. The molecule has 0 aliphatic rings. The minimum Gasteiger partial charge on any atom is -0.255 e. The molecule has 0 N–H and O–H groups in total. The van der Waals surface area contributed by atoms with Gasteiger partial charge in [-0.25, -0.2) is 0 Å². The van der Waals surface area contributed by atoms with E-state index in [4.69, 9.17) is 0 Å². The van der Waals surface area contributed by atoms with Crippen molar-refractivity contribution >= 4 is 16.9 Å². The zero-order chi connectivity index (χ0) is 11.1. The van der Waals surface area contributed by atoms with Gasteiger partial charge in [-0.05, 0) is 24.0 Å². The van der Waals surface area contributed by atoms with Gasteiger partial charge < -0.3 is 0 Å². The molecule has 1 nitrogen and oxygen atoms in total. The fraction of sp³-hybridized carbons (Fsp3) is 0.385. The summed E-state index contributed by atoms with van der Waals surface area (Å²) in [5.41, 5.74) is 1.11. The number of rotatable bonds is 5. The van der Waals surface area contributed by atoms with Crippen LogP contribution in [-0.2, 0) is 10.8 Å². The van der Waals surface area contributed by atoms with E-state index in [0.717, 1.165) is 17.7 Å². The molecule has 2 heteroatoms. The Hall–Kier alpha value is -0.890. The topological polar surface area (TPSA) is 17.1 Å². The minimum absolute atomic E-state index is 0.624. The molecule has 0 spiro atoms. The molecule has 1 atom stereocenters. The van der Waals surface area contributed by atoms with Crippen molar-refractivity contribution in [1.82, 2.24) is 0 Å². The first kappa shape index (κ1) is 12.2. The van der Waals surface area contributed by atoms with Crippen molar-refractivity contribution in [2.75, 3.05) is 5.75 Å². The van der Waals surface area contributed by atoms with Crippen molar-refractivity contribution in [2.24, 2.45) is 5.92 Å². The van der Waals surface area contributed by atoms with Gasteiger partial charge in [-0.15, -0.1) is 0 Å². The molecule has 0 aromatic heterocycles. The number of hydrogen-bond donors (Lipinski definition) is 0. The van der Waals surface area contributed by atoms with Crippen molar-refractivity contribution in [3.63, 3.8) is 0 Å². The summed E-state index contributed by atoms with van der Waals surface area (Å²) < 4.78 is 11.5. The minimum atomic E-state index is -0.822. The average Bonchev–Trinajstić information content (AvgIpc) is 2.25. The van der Waals surface area contributed by atoms with Gasteiger partial charge >= 0.3 is 0 Å². The molecule has 1 aromatic rings. The fourth-order valence-electron chi connectivity index (χ4n) is 1.14. The van der Waals surface area contributed by atoms with E-state index < -0.39 is 10.8 Å². The van der Waals surface area contributed by atoms with Crippen LogP contribution in [0.2, 0.25) is 0 Å². The smallest absolute Gasteiger partial charge is 0.0456 e. The largest absolute Gasteiger partial charge is 0.255 e. The third-order valence-corrected chi connectivity index (χ3v) is 3.19. The van der Waals surface area contributed by atoms with Crippen molar-refractivity contribution < 1.29 is 4.21 Å². The second kappa shape index (κ2) is 6.57. The second-order valence-corrected chi connectivity index (χ2v) is 5.42. The molecule has 0 radical (unpaired) electrons. The van der Waals surface area contributed by atoms with Gasteiger partial charge in [0.05, 0.1) is 0 Å². The van der Waals surface area contributed by atoms with Crippen LogP contribution in [0.4, 0.5) is 0 Å². The molecule has 1 unspecified atom stereocenters. The third-order valence-electron chi connectivity index (χ3n) is 2.11. The monoisotopic (exact) mass is 222 g/mol. The normalized spacial score (nSPS) is 13.5. The van der Waals surface area contributed by atoms with Crippen LogP contribution in [-0.4, -0.2) is 9.96 Å². The van der Waals surface area contributed by atoms with Crippen LogP contribution in [0.1, 0.15) is 25.8 Å². The highest BCUT2D eigenvalue weighted by Crippen LogP contribution is 2.05. The molecule has 0 aliphatic carbocycles. The second-order valence-electron chi connectivity index (χ2n) is 3.98. The summed E-state index contributed by atoms with van der Waals surface area (Å²) in [6.45, 7) is 4.30. The van der Waals surface area contributed by atoms with E-state index in [1.54, 1.807) is 5.41 Å². The maximum Gasteiger partial charge on any atom is 0.0456 e. The van der Waals surface area contributed by atoms with Crippen LogP contribution in [0.5, 0.6) is 0 Å². The predicted molar refractivity (Wildman–Crippen MR) is 67.9 cm³/mol. The lowest BCUT2D eigenvalue weighted by Crippen LogP contribution is -1.97. The standard InChI is InChI=1S/C13H18OS/c1-12(2)8-10-15(14)11-9-13-6-4-3-5-7-13/h3-7,9,11-12H,8,10H2,1-2H3/b11-9+. The van der Waals surface area contributed by atoms with Crippen LogP contribution < -0.4 is 0 Å². The summed E-state index contributed by atoms with van der Waals surface area (Å²) in [4.78, 5) is 0. The first-order valence-electron chi connectivity index (χ1n) is 5.29. The first-order valence-corrected chi connectivity index (χ1v) is 6.67. The van der Waals surface area contributed by atoms with E-state index >= 15 is 0 Å². The highest BCUT2D eigenvalue weighted by atomic mass is 32.2. The summed E-state index contributed by atoms with van der Waals surface area (Å²) >= 11 is 0. The Morgan fingerprint density at radius 1 is 1.27 bits per heavy atom. The molecule has 0 aliphatic heterocycles. The molecule has 0 heterocycles. The first-order chi connectivity index (χ1) is 7.18. The molecular formula is C13H18OS. The van der Waals surface area contributed by atoms with Crippen LogP contribution >= 0.6 is 0 Å². The number of benzene rings is 1. The fourth-order valence-corrected chi connectivity index (χ4v) is 2.29. The Balaban J connectivity index is 2.41. The van der Waals surface area contributed by atoms with Gasteiger partial charge in [-0.3, -0.25) is 4.21 Å². The van der Waals surface area contributed by atoms with Crippen LogP contribution in [0.3, 0.4) is 0 Å². The quantitative estimate of drug-likeness (QED) is 0.745. The number of hydrogen-bond acceptors (Lipinski definition) is 1. The summed E-state index contributed by atoms with van der Waals surface area (Å²) in [6, 6.07) is 9.97. The molecule has 15 heavy (non-hydrogen) atoms. The van der Waals surface area contributed by atoms with E-state index in [2.05, 4.69) is 13.8 Å². The van der Waals surface area contributed by atoms with Crippen molar-refractivity contribution in [1.29, 1.82) is 0 Å². The maximum absolute atomic E-state index is 11.5. The Bertz CT molecular complexity index is 328. The van der Waals surface area contributed by atoms with Gasteiger partial charge in [0.25, 0.3) is 0 Å². The SMILES string of the molecule is CC(C)CCS(=O)/C=C/c1ccccc1. The summed E-state index contributed by atoms with van der Waals surface area (Å²) in [5.74, 6) is 1.39. The molecule has 0 saturated carbocycles. The Kier molecular flexibility index (Phi) is 5.33. The van der Waals surface area contributed by atoms with Crippen molar-refractivity contribution in [3.05, 3.63) is 41.3 Å².